The molecule has 0 saturated carbocycles. The molecule has 1 heterocycles. The molecule has 1 aromatic heterocycles. The van der Waals surface area contributed by atoms with Gasteiger partial charge in [0.05, 0.1) is 5.36 Å². The summed E-state index contributed by atoms with van der Waals surface area (Å²) in [5.41, 5.74) is 0.679. The molecule has 18 heavy (non-hydrogen) atoms. The summed E-state index contributed by atoms with van der Waals surface area (Å²) in [6, 6.07) is 11.6. The third kappa shape index (κ3) is 3.21. The summed E-state index contributed by atoms with van der Waals surface area (Å²) >= 11 is 3.12. The molecule has 1 aromatic carbocycles. The van der Waals surface area contributed by atoms with E-state index in [1.54, 1.807) is 12.1 Å². The second-order valence-corrected chi connectivity index (χ2v) is 4.27. The van der Waals surface area contributed by atoms with Crippen LogP contribution < -0.4 is 10.7 Å². The molecular formula is C12H10BrN3O2. The van der Waals surface area contributed by atoms with Gasteiger partial charge in [-0.25, -0.2) is 4.79 Å². The van der Waals surface area contributed by atoms with E-state index in [2.05, 4.69) is 26.2 Å². The van der Waals surface area contributed by atoms with Crippen LogP contribution in [0.25, 0.3) is 0 Å². The summed E-state index contributed by atoms with van der Waals surface area (Å²) in [7, 11) is 0. The van der Waals surface area contributed by atoms with Crippen molar-refractivity contribution in [1.29, 1.82) is 0 Å². The van der Waals surface area contributed by atoms with Gasteiger partial charge in [-0.05, 0) is 40.2 Å². The Hall–Kier alpha value is -2.08. The van der Waals surface area contributed by atoms with Crippen LogP contribution in [0.1, 0.15) is 0 Å². The fourth-order valence-electron chi connectivity index (χ4n) is 1.31. The van der Waals surface area contributed by atoms with Crippen molar-refractivity contribution in [2.24, 2.45) is 4.99 Å². The molecule has 2 rings (SSSR count). The van der Waals surface area contributed by atoms with E-state index >= 15 is 0 Å². The second-order valence-electron chi connectivity index (χ2n) is 3.46. The van der Waals surface area contributed by atoms with E-state index in [1.807, 2.05) is 18.2 Å². The maximum atomic E-state index is 11.6. The minimum atomic E-state index is -0.469. The zero-order chi connectivity index (χ0) is 13.0. The van der Waals surface area contributed by atoms with Crippen LogP contribution in [0.2, 0.25) is 0 Å². The summed E-state index contributed by atoms with van der Waals surface area (Å²) in [6.07, 6.45) is 1.39. The molecule has 0 atom stereocenters. The molecule has 2 N–H and O–H groups in total. The molecule has 0 radical (unpaired) electrons. The smallest absolute Gasteiger partial charge is 0.345 e. The summed E-state index contributed by atoms with van der Waals surface area (Å²) in [6.45, 7) is 0. The maximum absolute atomic E-state index is 11.6. The lowest BCUT2D eigenvalue weighted by molar-refractivity contribution is 0.177. The second kappa shape index (κ2) is 5.50. The number of urea groups is 1. The van der Waals surface area contributed by atoms with E-state index in [9.17, 15) is 10.0 Å². The average Bonchev–Trinajstić information content (AvgIpc) is 2.35. The SMILES string of the molecule is O=C(/N=c1/ccn(O)c(Br)c1)Nc1ccccc1. The van der Waals surface area contributed by atoms with E-state index in [0.29, 0.717) is 15.6 Å². The van der Waals surface area contributed by atoms with Gasteiger partial charge in [-0.3, -0.25) is 0 Å². The van der Waals surface area contributed by atoms with Gasteiger partial charge in [-0.1, -0.05) is 18.2 Å². The van der Waals surface area contributed by atoms with Crippen LogP contribution in [0.15, 0.2) is 58.3 Å². The van der Waals surface area contributed by atoms with Crippen LogP contribution >= 0.6 is 15.9 Å². The lowest BCUT2D eigenvalue weighted by Gasteiger charge is -2.01. The number of hydrogen-bond donors (Lipinski definition) is 2. The van der Waals surface area contributed by atoms with Crippen molar-refractivity contribution >= 4 is 27.6 Å². The van der Waals surface area contributed by atoms with Gasteiger partial charge in [0, 0.05) is 11.9 Å². The Labute approximate surface area is 112 Å². The van der Waals surface area contributed by atoms with Gasteiger partial charge in [0.2, 0.25) is 0 Å². The minimum absolute atomic E-state index is 0.413. The van der Waals surface area contributed by atoms with Crippen molar-refractivity contribution in [3.05, 3.63) is 58.6 Å². The van der Waals surface area contributed by atoms with Gasteiger partial charge in [-0.2, -0.15) is 9.72 Å². The highest BCUT2D eigenvalue weighted by atomic mass is 79.9. The van der Waals surface area contributed by atoms with Crippen LogP contribution in [0.4, 0.5) is 10.5 Å². The first-order chi connectivity index (χ1) is 8.65. The number of benzene rings is 1. The number of carbonyl (C=O) groups is 1. The number of anilines is 1. The summed E-state index contributed by atoms with van der Waals surface area (Å²) < 4.78 is 1.30. The van der Waals surface area contributed by atoms with E-state index in [1.165, 1.54) is 18.3 Å². The highest BCUT2D eigenvalue weighted by Gasteiger charge is 1.99. The Morgan fingerprint density at radius 1 is 1.28 bits per heavy atom. The van der Waals surface area contributed by atoms with Crippen LogP contribution in [-0.4, -0.2) is 16.0 Å². The van der Waals surface area contributed by atoms with Gasteiger partial charge >= 0.3 is 6.03 Å². The molecule has 0 saturated heterocycles. The monoisotopic (exact) mass is 307 g/mol. The normalized spacial score (nSPS) is 11.3. The molecule has 2 amide bonds. The Morgan fingerprint density at radius 3 is 2.67 bits per heavy atom. The summed E-state index contributed by atoms with van der Waals surface area (Å²) in [5.74, 6) is 0. The zero-order valence-electron chi connectivity index (χ0n) is 9.25. The number of halogens is 1. The quantitative estimate of drug-likeness (QED) is 0.628. The van der Waals surface area contributed by atoms with Gasteiger partial charge < -0.3 is 10.5 Å². The topological polar surface area (TPSA) is 66.6 Å². The summed E-state index contributed by atoms with van der Waals surface area (Å²) in [5, 5.41) is 12.3. The van der Waals surface area contributed by atoms with Crippen molar-refractivity contribution in [2.45, 2.75) is 0 Å². The first-order valence-corrected chi connectivity index (χ1v) is 5.93. The molecule has 6 heteroatoms. The Morgan fingerprint density at radius 2 is 2.00 bits per heavy atom. The standard InChI is InChI=1S/C12H10BrN3O2/c13-11-8-10(6-7-16(11)18)15-12(17)14-9-4-2-1-3-5-9/h1-8,18H,(H,14,17)/b15-10-. The first kappa shape index (κ1) is 12.4. The van der Waals surface area contributed by atoms with Gasteiger partial charge in [-0.15, -0.1) is 0 Å². The van der Waals surface area contributed by atoms with Gasteiger partial charge in [0.15, 0.2) is 0 Å². The number of rotatable bonds is 1. The van der Waals surface area contributed by atoms with Gasteiger partial charge in [0.25, 0.3) is 0 Å². The molecule has 92 valence electrons. The van der Waals surface area contributed by atoms with E-state index in [4.69, 9.17) is 0 Å². The average molecular weight is 308 g/mol. The first-order valence-electron chi connectivity index (χ1n) is 5.13. The van der Waals surface area contributed by atoms with Crippen molar-refractivity contribution in [2.75, 3.05) is 5.32 Å². The Balaban J connectivity index is 2.18. The molecule has 0 aliphatic carbocycles. The number of pyridine rings is 1. The molecule has 2 aromatic rings. The van der Waals surface area contributed by atoms with Crippen LogP contribution in [-0.2, 0) is 0 Å². The van der Waals surface area contributed by atoms with E-state index in [0.717, 1.165) is 4.73 Å². The lowest BCUT2D eigenvalue weighted by Crippen LogP contribution is -2.13. The van der Waals surface area contributed by atoms with Crippen molar-refractivity contribution in [1.82, 2.24) is 4.73 Å². The number of nitrogens with one attached hydrogen (secondary N) is 1. The zero-order valence-corrected chi connectivity index (χ0v) is 10.8. The number of hydrogen-bond acceptors (Lipinski definition) is 2. The van der Waals surface area contributed by atoms with Crippen molar-refractivity contribution in [3.63, 3.8) is 0 Å². The highest BCUT2D eigenvalue weighted by molar-refractivity contribution is 9.10. The molecule has 0 fully saturated rings. The molecule has 0 spiro atoms. The maximum Gasteiger partial charge on any atom is 0.345 e. The van der Waals surface area contributed by atoms with Gasteiger partial charge in [0.1, 0.15) is 4.60 Å². The molecule has 0 unspecified atom stereocenters. The number of amides is 2. The third-order valence-electron chi connectivity index (χ3n) is 2.13. The largest absolute Gasteiger partial charge is 0.428 e. The predicted molar refractivity (Wildman–Crippen MR) is 70.3 cm³/mol. The van der Waals surface area contributed by atoms with E-state index in [-0.39, 0.29) is 0 Å². The van der Waals surface area contributed by atoms with E-state index < -0.39 is 6.03 Å². The van der Waals surface area contributed by atoms with Crippen LogP contribution in [0.5, 0.6) is 0 Å². The fourth-order valence-corrected chi connectivity index (χ4v) is 1.67. The molecule has 0 bridgehead atoms. The number of carbonyl (C=O) groups excluding carboxylic acids is 1. The molecule has 0 aliphatic heterocycles. The minimum Gasteiger partial charge on any atom is -0.428 e. The van der Waals surface area contributed by atoms with Crippen molar-refractivity contribution in [3.8, 4) is 0 Å². The number of nitrogens with zero attached hydrogens (tertiary/aromatic N) is 2. The highest BCUT2D eigenvalue weighted by Crippen LogP contribution is 2.05. The predicted octanol–water partition coefficient (Wildman–Crippen LogP) is 2.62. The Bertz CT molecular complexity index is 623. The lowest BCUT2D eigenvalue weighted by atomic mass is 10.3. The molecular weight excluding hydrogens is 298 g/mol. The van der Waals surface area contributed by atoms with Crippen LogP contribution in [0.3, 0.4) is 0 Å². The van der Waals surface area contributed by atoms with Crippen LogP contribution in [0, 0.1) is 0 Å². The van der Waals surface area contributed by atoms with Crippen molar-refractivity contribution < 1.29 is 10.0 Å². The fraction of sp³-hybridized carbons (Fsp3) is 0. The third-order valence-corrected chi connectivity index (χ3v) is 2.72. The Kier molecular flexibility index (Phi) is 3.78. The number of aromatic nitrogens is 1. The number of para-hydroxylation sites is 1. The summed E-state index contributed by atoms with van der Waals surface area (Å²) in [4.78, 5) is 15.5. The molecule has 0 aliphatic rings. The molecule has 5 nitrogen and oxygen atoms in total.